The number of hydrogen-bond acceptors (Lipinski definition) is 2. The predicted molar refractivity (Wildman–Crippen MR) is 57.9 cm³/mol. The van der Waals surface area contributed by atoms with Crippen LogP contribution in [0.25, 0.3) is 0 Å². The van der Waals surface area contributed by atoms with Gasteiger partial charge in [0.15, 0.2) is 0 Å². The van der Waals surface area contributed by atoms with Gasteiger partial charge in [0, 0.05) is 31.1 Å². The molecule has 0 radical (unpaired) electrons. The number of hydrogen-bond donors (Lipinski definition) is 2. The van der Waals surface area contributed by atoms with Crippen LogP contribution in [0.4, 0.5) is 0 Å². The minimum absolute atomic E-state index is 0.0833. The second-order valence-corrected chi connectivity index (χ2v) is 4.32. The van der Waals surface area contributed by atoms with E-state index in [1.807, 2.05) is 18.2 Å². The van der Waals surface area contributed by atoms with E-state index in [2.05, 4.69) is 16.7 Å². The summed E-state index contributed by atoms with van der Waals surface area (Å²) in [5.41, 5.74) is 2.07. The van der Waals surface area contributed by atoms with Crippen molar-refractivity contribution in [3.05, 3.63) is 35.4 Å². The molecular weight excluding hydrogens is 188 g/mol. The van der Waals surface area contributed by atoms with Crippen molar-refractivity contribution in [2.75, 3.05) is 19.6 Å². The lowest BCUT2D eigenvalue weighted by molar-refractivity contribution is 0.0952. The van der Waals surface area contributed by atoms with E-state index in [1.165, 1.54) is 5.56 Å². The smallest absolute Gasteiger partial charge is 0.251 e. The SMILES string of the molecule is O=C1NC[C@H]2CNC[C@@H]2c2ccccc21. The van der Waals surface area contributed by atoms with Gasteiger partial charge >= 0.3 is 0 Å². The Hall–Kier alpha value is -1.35. The highest BCUT2D eigenvalue weighted by Gasteiger charge is 2.33. The Morgan fingerprint density at radius 3 is 2.93 bits per heavy atom. The highest BCUT2D eigenvalue weighted by atomic mass is 16.1. The zero-order chi connectivity index (χ0) is 10.3. The van der Waals surface area contributed by atoms with Gasteiger partial charge < -0.3 is 10.6 Å². The number of rotatable bonds is 0. The van der Waals surface area contributed by atoms with Gasteiger partial charge in [0.05, 0.1) is 0 Å². The number of fused-ring (bicyclic) bond motifs is 3. The van der Waals surface area contributed by atoms with Gasteiger partial charge in [-0.2, -0.15) is 0 Å². The predicted octanol–water partition coefficient (Wildman–Crippen LogP) is 0.733. The number of carbonyl (C=O) groups is 1. The molecule has 1 amide bonds. The average Bonchev–Trinajstić information content (AvgIpc) is 2.69. The molecule has 0 bridgehead atoms. The lowest BCUT2D eigenvalue weighted by Gasteiger charge is -2.15. The van der Waals surface area contributed by atoms with E-state index in [0.29, 0.717) is 11.8 Å². The van der Waals surface area contributed by atoms with Gasteiger partial charge in [-0.1, -0.05) is 18.2 Å². The fourth-order valence-electron chi connectivity index (χ4n) is 2.66. The van der Waals surface area contributed by atoms with Crippen LogP contribution in [0.1, 0.15) is 21.8 Å². The van der Waals surface area contributed by atoms with E-state index < -0.39 is 0 Å². The first-order valence-electron chi connectivity index (χ1n) is 5.44. The van der Waals surface area contributed by atoms with Gasteiger partial charge in [-0.25, -0.2) is 0 Å². The van der Waals surface area contributed by atoms with Gasteiger partial charge in [-0.05, 0) is 17.5 Å². The molecule has 0 aliphatic carbocycles. The number of nitrogens with one attached hydrogen (secondary N) is 2. The van der Waals surface area contributed by atoms with E-state index in [0.717, 1.165) is 25.2 Å². The van der Waals surface area contributed by atoms with Crippen LogP contribution in [0.5, 0.6) is 0 Å². The third-order valence-electron chi connectivity index (χ3n) is 3.47. The second-order valence-electron chi connectivity index (χ2n) is 4.32. The molecule has 2 heterocycles. The molecule has 1 aromatic carbocycles. The second kappa shape index (κ2) is 3.35. The molecule has 2 aliphatic heterocycles. The van der Waals surface area contributed by atoms with E-state index >= 15 is 0 Å². The molecule has 3 heteroatoms. The van der Waals surface area contributed by atoms with Crippen molar-refractivity contribution >= 4 is 5.91 Å². The number of amides is 1. The molecule has 1 fully saturated rings. The fourth-order valence-corrected chi connectivity index (χ4v) is 2.66. The van der Waals surface area contributed by atoms with Crippen LogP contribution in [-0.2, 0) is 0 Å². The topological polar surface area (TPSA) is 41.1 Å². The summed E-state index contributed by atoms with van der Waals surface area (Å²) in [7, 11) is 0. The number of carbonyl (C=O) groups excluding carboxylic acids is 1. The van der Waals surface area contributed by atoms with E-state index in [9.17, 15) is 4.79 Å². The van der Waals surface area contributed by atoms with Crippen molar-refractivity contribution in [2.24, 2.45) is 5.92 Å². The Balaban J connectivity index is 2.11. The third-order valence-corrected chi connectivity index (χ3v) is 3.47. The molecule has 2 N–H and O–H groups in total. The zero-order valence-corrected chi connectivity index (χ0v) is 8.49. The third kappa shape index (κ3) is 1.35. The molecule has 1 aromatic rings. The number of benzene rings is 1. The van der Waals surface area contributed by atoms with Gasteiger partial charge in [0.2, 0.25) is 0 Å². The first kappa shape index (κ1) is 8.92. The summed E-state index contributed by atoms with van der Waals surface area (Å²) in [6, 6.07) is 7.96. The van der Waals surface area contributed by atoms with Crippen molar-refractivity contribution in [3.8, 4) is 0 Å². The van der Waals surface area contributed by atoms with E-state index in [4.69, 9.17) is 0 Å². The summed E-state index contributed by atoms with van der Waals surface area (Å²) < 4.78 is 0. The largest absolute Gasteiger partial charge is 0.352 e. The van der Waals surface area contributed by atoms with Crippen molar-refractivity contribution in [3.63, 3.8) is 0 Å². The normalized spacial score (nSPS) is 28.9. The van der Waals surface area contributed by atoms with Gasteiger partial charge in [0.25, 0.3) is 5.91 Å². The minimum atomic E-state index is 0.0833. The van der Waals surface area contributed by atoms with Crippen LogP contribution in [0, 0.1) is 5.92 Å². The van der Waals surface area contributed by atoms with Crippen molar-refractivity contribution in [2.45, 2.75) is 5.92 Å². The van der Waals surface area contributed by atoms with Gasteiger partial charge in [-0.15, -0.1) is 0 Å². The molecule has 0 saturated carbocycles. The van der Waals surface area contributed by atoms with Crippen LogP contribution in [-0.4, -0.2) is 25.5 Å². The Bertz CT molecular complexity index is 402. The molecule has 0 aromatic heterocycles. The first-order chi connectivity index (χ1) is 7.36. The molecule has 0 spiro atoms. The standard InChI is InChI=1S/C12H14N2O/c15-12-10-4-2-1-3-9(10)11-7-13-5-8(11)6-14-12/h1-4,8,11,13H,5-7H2,(H,14,15)/t8-,11+/m1/s1. The molecule has 2 aliphatic rings. The maximum absolute atomic E-state index is 11.8. The lowest BCUT2D eigenvalue weighted by Crippen LogP contribution is -2.28. The molecule has 0 unspecified atom stereocenters. The average molecular weight is 202 g/mol. The van der Waals surface area contributed by atoms with E-state index in [1.54, 1.807) is 0 Å². The lowest BCUT2D eigenvalue weighted by atomic mass is 9.87. The summed E-state index contributed by atoms with van der Waals surface area (Å²) in [6.45, 7) is 2.81. The Morgan fingerprint density at radius 2 is 2.00 bits per heavy atom. The summed E-state index contributed by atoms with van der Waals surface area (Å²) in [6.07, 6.45) is 0. The Labute approximate surface area is 88.9 Å². The van der Waals surface area contributed by atoms with Crippen LogP contribution in [0.15, 0.2) is 24.3 Å². The quantitative estimate of drug-likeness (QED) is 0.651. The first-order valence-corrected chi connectivity index (χ1v) is 5.44. The maximum Gasteiger partial charge on any atom is 0.251 e. The van der Waals surface area contributed by atoms with Crippen molar-refractivity contribution < 1.29 is 4.79 Å². The van der Waals surface area contributed by atoms with Crippen LogP contribution < -0.4 is 10.6 Å². The van der Waals surface area contributed by atoms with Crippen molar-refractivity contribution in [1.82, 2.24) is 10.6 Å². The molecule has 2 atom stereocenters. The highest BCUT2D eigenvalue weighted by Crippen LogP contribution is 2.31. The van der Waals surface area contributed by atoms with Crippen LogP contribution in [0.2, 0.25) is 0 Å². The molecule has 78 valence electrons. The Kier molecular flexibility index (Phi) is 1.99. The van der Waals surface area contributed by atoms with Crippen LogP contribution >= 0.6 is 0 Å². The Morgan fingerprint density at radius 1 is 1.13 bits per heavy atom. The van der Waals surface area contributed by atoms with E-state index in [-0.39, 0.29) is 5.91 Å². The molecule has 15 heavy (non-hydrogen) atoms. The fraction of sp³-hybridized carbons (Fsp3) is 0.417. The van der Waals surface area contributed by atoms with Crippen LogP contribution in [0.3, 0.4) is 0 Å². The summed E-state index contributed by atoms with van der Waals surface area (Å²) >= 11 is 0. The summed E-state index contributed by atoms with van der Waals surface area (Å²) in [5.74, 6) is 1.14. The summed E-state index contributed by atoms with van der Waals surface area (Å²) in [4.78, 5) is 11.8. The maximum atomic E-state index is 11.8. The van der Waals surface area contributed by atoms with Gasteiger partial charge in [-0.3, -0.25) is 4.79 Å². The zero-order valence-electron chi connectivity index (χ0n) is 8.49. The molecule has 3 rings (SSSR count). The monoisotopic (exact) mass is 202 g/mol. The molecule has 1 saturated heterocycles. The highest BCUT2D eigenvalue weighted by molar-refractivity contribution is 5.96. The van der Waals surface area contributed by atoms with Gasteiger partial charge in [0.1, 0.15) is 0 Å². The molecule has 3 nitrogen and oxygen atoms in total. The summed E-state index contributed by atoms with van der Waals surface area (Å²) in [5, 5.41) is 6.39. The minimum Gasteiger partial charge on any atom is -0.352 e. The molecular formula is C12H14N2O. The van der Waals surface area contributed by atoms with Crippen molar-refractivity contribution in [1.29, 1.82) is 0 Å².